The van der Waals surface area contributed by atoms with E-state index in [0.29, 0.717) is 102 Å². The van der Waals surface area contributed by atoms with E-state index in [-0.39, 0.29) is 17.2 Å². The first-order valence-electron chi connectivity index (χ1n) is 14.9. The summed E-state index contributed by atoms with van der Waals surface area (Å²) in [5.74, 6) is -0.885. The Labute approximate surface area is 262 Å². The summed E-state index contributed by atoms with van der Waals surface area (Å²) in [5, 5.41) is 31.2. The van der Waals surface area contributed by atoms with Gasteiger partial charge in [0.05, 0.1) is 30.1 Å². The molecule has 2 N–H and O–H groups in total. The first kappa shape index (κ1) is 29.5. The highest BCUT2D eigenvalue weighted by atomic mass is 32.1. The number of likely N-dealkylation sites (tertiary alicyclic amines) is 1. The van der Waals surface area contributed by atoms with E-state index < -0.39 is 18.0 Å². The molecule has 0 unspecified atom stereocenters. The Morgan fingerprint density at radius 2 is 1.84 bits per heavy atom. The third-order valence-electron chi connectivity index (χ3n) is 8.88. The average Bonchev–Trinajstić information content (AvgIpc) is 3.62. The first-order chi connectivity index (χ1) is 21.7. The fraction of sp³-hybridized carbons (Fsp3) is 0.375. The second kappa shape index (κ2) is 11.6. The van der Waals surface area contributed by atoms with Gasteiger partial charge in [0.25, 0.3) is 0 Å². The van der Waals surface area contributed by atoms with Gasteiger partial charge in [-0.15, -0.1) is 0 Å². The minimum absolute atomic E-state index is 0.00428. The third kappa shape index (κ3) is 5.37. The second-order valence-electron chi connectivity index (χ2n) is 11.8. The lowest BCUT2D eigenvalue weighted by molar-refractivity contribution is -0.142. The summed E-state index contributed by atoms with van der Waals surface area (Å²) in [6.07, 6.45) is -0.232. The summed E-state index contributed by atoms with van der Waals surface area (Å²) < 4.78 is 29.5. The molecule has 0 bridgehead atoms. The maximum atomic E-state index is 15.9. The number of aliphatic hydroxyl groups excluding tert-OH is 2. The number of fused-ring (bicyclic) bond motifs is 2. The molecule has 4 aromatic rings. The minimum Gasteiger partial charge on any atom is -0.389 e. The molecule has 0 radical (unpaired) electrons. The zero-order chi connectivity index (χ0) is 31.4. The van der Waals surface area contributed by atoms with E-state index in [4.69, 9.17) is 4.98 Å². The molecule has 7 rings (SSSR count). The van der Waals surface area contributed by atoms with Crippen LogP contribution >= 0.6 is 11.3 Å². The van der Waals surface area contributed by atoms with E-state index in [1.54, 1.807) is 17.0 Å². The zero-order valence-electron chi connectivity index (χ0n) is 24.6. The van der Waals surface area contributed by atoms with Crippen LogP contribution in [0, 0.1) is 23.0 Å². The van der Waals surface area contributed by atoms with Gasteiger partial charge in [0, 0.05) is 68.5 Å². The number of pyridine rings is 1. The van der Waals surface area contributed by atoms with Crippen LogP contribution in [0.3, 0.4) is 0 Å². The van der Waals surface area contributed by atoms with Crippen molar-refractivity contribution in [2.24, 2.45) is 0 Å². The van der Waals surface area contributed by atoms with Gasteiger partial charge >= 0.3 is 0 Å². The number of benzene rings is 2. The summed E-state index contributed by atoms with van der Waals surface area (Å²) in [4.78, 5) is 29.9. The lowest BCUT2D eigenvalue weighted by Gasteiger charge is -2.40. The SMILES string of the molecule is CN(c1nc(-c2ccc(F)cc2)c(C#N)s1)c1c2c(nc3c(F)cc(N4CCN(CC(=O)N5CC(O)C5)CC4)cc13)[C@H](O)CC2. The Balaban J connectivity index is 1.22. The molecule has 0 spiro atoms. The van der Waals surface area contributed by atoms with Crippen molar-refractivity contribution in [1.82, 2.24) is 19.8 Å². The fourth-order valence-electron chi connectivity index (χ4n) is 6.40. The summed E-state index contributed by atoms with van der Waals surface area (Å²) in [5.41, 5.74) is 3.82. The molecule has 13 heteroatoms. The van der Waals surface area contributed by atoms with Crippen molar-refractivity contribution in [3.05, 3.63) is 64.2 Å². The van der Waals surface area contributed by atoms with Gasteiger partial charge in [0.15, 0.2) is 10.9 Å². The first-order valence-corrected chi connectivity index (χ1v) is 15.7. The molecule has 232 valence electrons. The van der Waals surface area contributed by atoms with Gasteiger partial charge in [-0.25, -0.2) is 18.7 Å². The number of hydrogen-bond donors (Lipinski definition) is 2. The van der Waals surface area contributed by atoms with Crippen molar-refractivity contribution in [3.63, 3.8) is 0 Å². The van der Waals surface area contributed by atoms with E-state index in [1.807, 2.05) is 18.0 Å². The van der Waals surface area contributed by atoms with Crippen LogP contribution in [0.15, 0.2) is 36.4 Å². The number of nitriles is 1. The highest BCUT2D eigenvalue weighted by molar-refractivity contribution is 7.16. The van der Waals surface area contributed by atoms with Gasteiger partial charge < -0.3 is 24.9 Å². The number of aromatic nitrogens is 2. The van der Waals surface area contributed by atoms with Crippen molar-refractivity contribution in [1.29, 1.82) is 5.26 Å². The lowest BCUT2D eigenvalue weighted by atomic mass is 10.0. The highest BCUT2D eigenvalue weighted by Gasteiger charge is 2.33. The number of rotatable bonds is 6. The van der Waals surface area contributed by atoms with Crippen LogP contribution in [0.5, 0.6) is 0 Å². The molecule has 10 nitrogen and oxygen atoms in total. The van der Waals surface area contributed by atoms with Crippen molar-refractivity contribution in [2.75, 3.05) is 62.7 Å². The molecule has 2 aliphatic heterocycles. The molecule has 1 atom stereocenters. The molecular formula is C32H31F2N7O3S. The highest BCUT2D eigenvalue weighted by Crippen LogP contribution is 2.45. The largest absolute Gasteiger partial charge is 0.389 e. The number of β-amino-alcohol motifs (C(OH)–C–C–N with tert-alkyl or cyclic N) is 1. The van der Waals surface area contributed by atoms with Gasteiger partial charge in [-0.2, -0.15) is 5.26 Å². The number of thiazole rings is 1. The van der Waals surface area contributed by atoms with Crippen LogP contribution in [-0.2, 0) is 11.2 Å². The van der Waals surface area contributed by atoms with Gasteiger partial charge in [0.2, 0.25) is 5.91 Å². The average molecular weight is 632 g/mol. The number of halogens is 2. The smallest absolute Gasteiger partial charge is 0.236 e. The van der Waals surface area contributed by atoms with Crippen molar-refractivity contribution in [2.45, 2.75) is 25.0 Å². The number of piperazine rings is 1. The lowest BCUT2D eigenvalue weighted by Crippen LogP contribution is -2.57. The molecule has 3 aliphatic rings. The molecule has 1 aliphatic carbocycles. The number of carbonyl (C=O) groups excluding carboxylic acids is 1. The fourth-order valence-corrected chi connectivity index (χ4v) is 7.25. The number of amides is 1. The van der Waals surface area contributed by atoms with E-state index in [0.717, 1.165) is 5.56 Å². The maximum absolute atomic E-state index is 15.9. The summed E-state index contributed by atoms with van der Waals surface area (Å²) >= 11 is 1.19. The van der Waals surface area contributed by atoms with Crippen LogP contribution in [0.25, 0.3) is 22.2 Å². The summed E-state index contributed by atoms with van der Waals surface area (Å²) in [6.45, 7) is 3.51. The summed E-state index contributed by atoms with van der Waals surface area (Å²) in [7, 11) is 1.81. The number of nitrogens with zero attached hydrogens (tertiary/aromatic N) is 7. The van der Waals surface area contributed by atoms with Crippen molar-refractivity contribution >= 4 is 44.7 Å². The maximum Gasteiger partial charge on any atom is 0.236 e. The number of carbonyl (C=O) groups is 1. The molecule has 2 aromatic carbocycles. The normalized spacial score (nSPS) is 18.6. The van der Waals surface area contributed by atoms with Crippen LogP contribution in [-0.4, -0.2) is 94.9 Å². The molecule has 1 amide bonds. The van der Waals surface area contributed by atoms with Crippen LogP contribution in [0.4, 0.5) is 25.3 Å². The Bertz CT molecular complexity index is 1830. The van der Waals surface area contributed by atoms with Crippen LogP contribution in [0.1, 0.15) is 28.7 Å². The van der Waals surface area contributed by atoms with E-state index in [9.17, 15) is 24.7 Å². The Kier molecular flexibility index (Phi) is 7.61. The molecule has 2 fully saturated rings. The Morgan fingerprint density at radius 1 is 1.11 bits per heavy atom. The second-order valence-corrected chi connectivity index (χ2v) is 12.7. The number of aliphatic hydroxyl groups is 2. The monoisotopic (exact) mass is 631 g/mol. The van der Waals surface area contributed by atoms with Crippen molar-refractivity contribution < 1.29 is 23.8 Å². The van der Waals surface area contributed by atoms with E-state index >= 15 is 4.39 Å². The Morgan fingerprint density at radius 3 is 2.53 bits per heavy atom. The number of anilines is 3. The molecule has 0 saturated carbocycles. The molecular weight excluding hydrogens is 600 g/mol. The summed E-state index contributed by atoms with van der Waals surface area (Å²) in [6, 6.07) is 11.4. The Hall–Kier alpha value is -4.22. The zero-order valence-corrected chi connectivity index (χ0v) is 25.4. The van der Waals surface area contributed by atoms with Crippen LogP contribution < -0.4 is 9.80 Å². The quantitative estimate of drug-likeness (QED) is 0.329. The van der Waals surface area contributed by atoms with Crippen molar-refractivity contribution in [3.8, 4) is 17.3 Å². The molecule has 45 heavy (non-hydrogen) atoms. The van der Waals surface area contributed by atoms with E-state index in [1.165, 1.54) is 29.5 Å². The molecule has 2 aromatic heterocycles. The van der Waals surface area contributed by atoms with Gasteiger partial charge in [0.1, 0.15) is 28.0 Å². The van der Waals surface area contributed by atoms with Gasteiger partial charge in [-0.3, -0.25) is 9.69 Å². The minimum atomic E-state index is -0.813. The third-order valence-corrected chi connectivity index (χ3v) is 9.92. The van der Waals surface area contributed by atoms with Gasteiger partial charge in [-0.05, 0) is 49.2 Å². The topological polar surface area (TPSA) is 120 Å². The van der Waals surface area contributed by atoms with Crippen LogP contribution in [0.2, 0.25) is 0 Å². The molecule has 2 saturated heterocycles. The van der Waals surface area contributed by atoms with Gasteiger partial charge in [-0.1, -0.05) is 11.3 Å². The van der Waals surface area contributed by atoms with E-state index in [2.05, 4.69) is 20.9 Å². The predicted octanol–water partition coefficient (Wildman–Crippen LogP) is 3.58. The molecule has 4 heterocycles. The standard InChI is InChI=1S/C32H31F2N7O3S/c1-38(32-37-28(26(14-35)45-32)18-2-4-19(33)5-3-18)31-22-6-7-25(43)30(22)36-29-23(31)12-20(13-24(29)34)40-10-8-39(9-11-40)17-27(44)41-15-21(42)16-41/h2-5,12-13,21,25,42-43H,6-11,15-17H2,1H3/t25-/m1/s1. The predicted molar refractivity (Wildman–Crippen MR) is 167 cm³/mol. The number of hydrogen-bond acceptors (Lipinski definition) is 10.